The first-order valence-corrected chi connectivity index (χ1v) is 14.1. The molecule has 224 valence electrons. The van der Waals surface area contributed by atoms with Gasteiger partial charge in [-0.3, -0.25) is 29.3 Å². The summed E-state index contributed by atoms with van der Waals surface area (Å²) in [5.74, 6) is -4.81. The number of esters is 1. The Hall–Kier alpha value is -4.87. The van der Waals surface area contributed by atoms with Crippen molar-refractivity contribution in [1.82, 2.24) is 10.0 Å². The number of amides is 3. The number of carbonyl (C=O) groups excluding carboxylic acids is 5. The van der Waals surface area contributed by atoms with E-state index in [0.29, 0.717) is 6.42 Å². The highest BCUT2D eigenvalue weighted by atomic mass is 35.5. The van der Waals surface area contributed by atoms with Crippen LogP contribution in [0.2, 0.25) is 10.0 Å². The minimum absolute atomic E-state index is 0.0161. The van der Waals surface area contributed by atoms with Crippen LogP contribution >= 0.6 is 23.2 Å². The van der Waals surface area contributed by atoms with Crippen molar-refractivity contribution in [3.05, 3.63) is 116 Å². The van der Waals surface area contributed by atoms with Crippen LogP contribution in [0.4, 0.5) is 5.69 Å². The highest BCUT2D eigenvalue weighted by Crippen LogP contribution is 2.39. The lowest BCUT2D eigenvalue weighted by Gasteiger charge is -2.30. The zero-order valence-corrected chi connectivity index (χ0v) is 24.5. The van der Waals surface area contributed by atoms with Gasteiger partial charge in [-0.05, 0) is 66.9 Å². The molecule has 3 amide bonds. The number of nitro benzene ring substituents is 1. The first kappa shape index (κ1) is 30.6. The van der Waals surface area contributed by atoms with Crippen LogP contribution in [0, 0.1) is 27.9 Å². The SMILES string of the molecule is C[C@@H]1C=CC[C@H]2C(=O)N(N(CC(=O)c3ccc(OC(=O)c4ccc([N+](=O)[O-])cc4)cc3)C(=O)c3ccc(Cl)c(Cl)c3)C(=O)[C@H]12. The maximum atomic E-state index is 13.7. The lowest BCUT2D eigenvalue weighted by Crippen LogP contribution is -2.52. The van der Waals surface area contributed by atoms with E-state index >= 15 is 0 Å². The number of rotatable bonds is 8. The van der Waals surface area contributed by atoms with Crippen LogP contribution in [0.1, 0.15) is 44.4 Å². The summed E-state index contributed by atoms with van der Waals surface area (Å²) in [7, 11) is 0. The summed E-state index contributed by atoms with van der Waals surface area (Å²) >= 11 is 12.1. The van der Waals surface area contributed by atoms with Crippen molar-refractivity contribution in [2.45, 2.75) is 13.3 Å². The average Bonchev–Trinajstić information content (AvgIpc) is 3.27. The first-order valence-electron chi connectivity index (χ1n) is 13.4. The van der Waals surface area contributed by atoms with E-state index in [1.807, 2.05) is 19.1 Å². The Balaban J connectivity index is 1.37. The Labute approximate surface area is 260 Å². The molecule has 13 heteroatoms. The molecule has 0 aromatic heterocycles. The van der Waals surface area contributed by atoms with E-state index in [-0.39, 0.29) is 44.1 Å². The van der Waals surface area contributed by atoms with Crippen LogP contribution in [0.3, 0.4) is 0 Å². The molecule has 1 saturated heterocycles. The number of nitro groups is 1. The van der Waals surface area contributed by atoms with Crippen molar-refractivity contribution in [2.24, 2.45) is 17.8 Å². The summed E-state index contributed by atoms with van der Waals surface area (Å²) in [4.78, 5) is 76.9. The summed E-state index contributed by atoms with van der Waals surface area (Å²) < 4.78 is 5.30. The number of benzene rings is 3. The standard InChI is InChI=1S/C31H23Cl2N3O8/c1-17-3-2-4-23-27(17)30(40)35(29(23)39)34(28(38)20-9-14-24(32)25(33)15-20)16-26(37)18-7-12-22(13-8-18)44-31(41)19-5-10-21(11-6-19)36(42)43/h2-3,5-15,17,23,27H,4,16H2,1H3/t17-,23-,27-/m1/s1. The second-order valence-corrected chi connectivity index (χ2v) is 11.1. The zero-order valence-electron chi connectivity index (χ0n) is 23.0. The number of non-ortho nitro benzene ring substituents is 1. The largest absolute Gasteiger partial charge is 0.423 e. The van der Waals surface area contributed by atoms with E-state index in [9.17, 15) is 34.1 Å². The Kier molecular flexibility index (Phi) is 8.61. The molecule has 2 aliphatic rings. The van der Waals surface area contributed by atoms with Gasteiger partial charge < -0.3 is 4.74 Å². The second-order valence-electron chi connectivity index (χ2n) is 10.3. The van der Waals surface area contributed by atoms with Crippen molar-refractivity contribution < 1.29 is 33.6 Å². The van der Waals surface area contributed by atoms with Gasteiger partial charge in [-0.1, -0.05) is 42.3 Å². The zero-order chi connectivity index (χ0) is 31.7. The highest BCUT2D eigenvalue weighted by molar-refractivity contribution is 6.42. The molecule has 3 atom stereocenters. The number of fused-ring (bicyclic) bond motifs is 1. The molecule has 3 aromatic rings. The molecule has 1 aliphatic carbocycles. The van der Waals surface area contributed by atoms with Crippen molar-refractivity contribution in [3.63, 3.8) is 0 Å². The maximum absolute atomic E-state index is 13.7. The van der Waals surface area contributed by atoms with Crippen molar-refractivity contribution in [1.29, 1.82) is 0 Å². The fourth-order valence-electron chi connectivity index (χ4n) is 5.20. The van der Waals surface area contributed by atoms with Gasteiger partial charge in [-0.15, -0.1) is 0 Å². The Morgan fingerprint density at radius 3 is 2.18 bits per heavy atom. The summed E-state index contributed by atoms with van der Waals surface area (Å²) in [6.07, 6.45) is 4.01. The summed E-state index contributed by atoms with van der Waals surface area (Å²) in [5, 5.41) is 12.7. The molecule has 0 radical (unpaired) electrons. The summed E-state index contributed by atoms with van der Waals surface area (Å²) in [6, 6.07) is 14.4. The quantitative estimate of drug-likeness (QED) is 0.0595. The van der Waals surface area contributed by atoms with E-state index in [4.69, 9.17) is 27.9 Å². The molecule has 5 rings (SSSR count). The van der Waals surface area contributed by atoms with Gasteiger partial charge in [0.1, 0.15) is 12.3 Å². The number of imide groups is 1. The molecule has 1 heterocycles. The molecule has 3 aromatic carbocycles. The van der Waals surface area contributed by atoms with Gasteiger partial charge in [0.25, 0.3) is 23.4 Å². The molecule has 1 fully saturated rings. The maximum Gasteiger partial charge on any atom is 0.343 e. The molecule has 0 saturated carbocycles. The van der Waals surface area contributed by atoms with Crippen LogP contribution < -0.4 is 4.74 Å². The summed E-state index contributed by atoms with van der Waals surface area (Å²) in [6.45, 7) is 1.16. The number of nitrogens with zero attached hydrogens (tertiary/aromatic N) is 3. The van der Waals surface area contributed by atoms with Gasteiger partial charge in [0.2, 0.25) is 0 Å². The Bertz CT molecular complexity index is 1720. The minimum atomic E-state index is -0.800. The predicted octanol–water partition coefficient (Wildman–Crippen LogP) is 5.56. The number of carbonyl (C=O) groups is 5. The number of Topliss-reactive ketones (excluding diaryl/α,β-unsaturated/α-hetero) is 1. The number of ketones is 1. The van der Waals surface area contributed by atoms with Gasteiger partial charge in [-0.25, -0.2) is 9.80 Å². The van der Waals surface area contributed by atoms with Crippen LogP contribution in [0.15, 0.2) is 78.9 Å². The van der Waals surface area contributed by atoms with Crippen LogP contribution in [-0.4, -0.2) is 51.0 Å². The number of halogens is 2. The third kappa shape index (κ3) is 5.97. The fraction of sp³-hybridized carbons (Fsp3) is 0.194. The third-order valence-corrected chi connectivity index (χ3v) is 8.22. The predicted molar refractivity (Wildman–Crippen MR) is 158 cm³/mol. The molecule has 0 unspecified atom stereocenters. The minimum Gasteiger partial charge on any atom is -0.423 e. The van der Waals surface area contributed by atoms with Crippen LogP contribution in [-0.2, 0) is 9.59 Å². The van der Waals surface area contributed by atoms with E-state index in [1.165, 1.54) is 66.7 Å². The molecule has 0 bridgehead atoms. The number of hydrogen-bond donors (Lipinski definition) is 0. The van der Waals surface area contributed by atoms with Crippen LogP contribution in [0.5, 0.6) is 5.75 Å². The van der Waals surface area contributed by atoms with Gasteiger partial charge >= 0.3 is 5.97 Å². The monoisotopic (exact) mass is 635 g/mol. The average molecular weight is 636 g/mol. The topological polar surface area (TPSA) is 144 Å². The molecule has 11 nitrogen and oxygen atoms in total. The van der Waals surface area contributed by atoms with Crippen molar-refractivity contribution in [2.75, 3.05) is 6.54 Å². The molecule has 0 N–H and O–H groups in total. The number of hydrogen-bond acceptors (Lipinski definition) is 8. The summed E-state index contributed by atoms with van der Waals surface area (Å²) in [5.41, 5.74) is 0.0246. The van der Waals surface area contributed by atoms with E-state index < -0.39 is 52.8 Å². The molecular weight excluding hydrogens is 613 g/mol. The van der Waals surface area contributed by atoms with E-state index in [2.05, 4.69) is 0 Å². The molecule has 44 heavy (non-hydrogen) atoms. The third-order valence-electron chi connectivity index (χ3n) is 7.49. The van der Waals surface area contributed by atoms with Crippen molar-refractivity contribution in [3.8, 4) is 5.75 Å². The molecule has 1 aliphatic heterocycles. The Morgan fingerprint density at radius 1 is 0.932 bits per heavy atom. The fourth-order valence-corrected chi connectivity index (χ4v) is 5.50. The van der Waals surface area contributed by atoms with Gasteiger partial charge in [0.15, 0.2) is 5.78 Å². The second kappa shape index (κ2) is 12.4. The van der Waals surface area contributed by atoms with Gasteiger partial charge in [0, 0.05) is 23.3 Å². The van der Waals surface area contributed by atoms with E-state index in [1.54, 1.807) is 0 Å². The normalized spacial score (nSPS) is 19.0. The van der Waals surface area contributed by atoms with Gasteiger partial charge in [-0.2, -0.15) is 5.01 Å². The van der Waals surface area contributed by atoms with Crippen LogP contribution in [0.25, 0.3) is 0 Å². The Morgan fingerprint density at radius 2 is 1.57 bits per heavy atom. The number of allylic oxidation sites excluding steroid dienone is 2. The smallest absolute Gasteiger partial charge is 0.343 e. The van der Waals surface area contributed by atoms with Gasteiger partial charge in [0.05, 0.1) is 32.4 Å². The number of hydrazine groups is 1. The first-order chi connectivity index (χ1) is 21.0. The van der Waals surface area contributed by atoms with E-state index in [0.717, 1.165) is 10.0 Å². The van der Waals surface area contributed by atoms with Crippen molar-refractivity contribution >= 4 is 58.4 Å². The highest BCUT2D eigenvalue weighted by Gasteiger charge is 2.53. The lowest BCUT2D eigenvalue weighted by molar-refractivity contribution is -0.384. The molecular formula is C31H23Cl2N3O8. The lowest BCUT2D eigenvalue weighted by atomic mass is 9.78. The molecule has 0 spiro atoms. The number of ether oxygens (including phenoxy) is 1.